The van der Waals surface area contributed by atoms with Crippen LogP contribution in [0.1, 0.15) is 30.6 Å². The Bertz CT molecular complexity index is 1000. The van der Waals surface area contributed by atoms with Crippen LogP contribution in [0.3, 0.4) is 0 Å². The lowest BCUT2D eigenvalue weighted by Gasteiger charge is -2.35. The lowest BCUT2D eigenvalue weighted by molar-refractivity contribution is -0.145. The van der Waals surface area contributed by atoms with Gasteiger partial charge in [0.15, 0.2) is 11.5 Å². The second kappa shape index (κ2) is 13.5. The third kappa shape index (κ3) is 7.49. The number of morpholine rings is 1. The van der Waals surface area contributed by atoms with Gasteiger partial charge in [0.1, 0.15) is 5.76 Å². The van der Waals surface area contributed by atoms with E-state index in [1.807, 2.05) is 30.3 Å². The molecule has 2 heterocycles. The number of methoxy groups -OCH3 is 2. The summed E-state index contributed by atoms with van der Waals surface area (Å²) in [6.07, 6.45) is 5.16. The minimum atomic E-state index is -0.0773. The Morgan fingerprint density at radius 3 is 2.46 bits per heavy atom. The molecule has 4 rings (SSSR count). The second-order valence-electron chi connectivity index (χ2n) is 9.68. The first kappa shape index (κ1) is 27.0. The predicted molar refractivity (Wildman–Crippen MR) is 139 cm³/mol. The Hall–Kier alpha value is -3.04. The number of ether oxygens (including phenoxy) is 3. The van der Waals surface area contributed by atoms with E-state index in [0.29, 0.717) is 56.5 Å². The monoisotopic (exact) mass is 513 g/mol. The van der Waals surface area contributed by atoms with Crippen LogP contribution in [-0.2, 0) is 27.3 Å². The molecule has 2 aliphatic rings. The molecular formula is C28H39N3O6. The van der Waals surface area contributed by atoms with Crippen molar-refractivity contribution in [1.82, 2.24) is 14.7 Å². The van der Waals surface area contributed by atoms with Crippen LogP contribution in [0.15, 0.2) is 41.0 Å². The molecule has 0 atom stereocenters. The Morgan fingerprint density at radius 2 is 1.81 bits per heavy atom. The Morgan fingerprint density at radius 1 is 1.03 bits per heavy atom. The highest BCUT2D eigenvalue weighted by Gasteiger charge is 2.31. The molecule has 0 spiro atoms. The largest absolute Gasteiger partial charge is 0.493 e. The molecule has 0 bridgehead atoms. The molecule has 1 aliphatic carbocycles. The highest BCUT2D eigenvalue weighted by atomic mass is 16.5. The van der Waals surface area contributed by atoms with Crippen molar-refractivity contribution in [1.29, 1.82) is 0 Å². The van der Waals surface area contributed by atoms with Crippen LogP contribution in [-0.4, -0.2) is 93.2 Å². The summed E-state index contributed by atoms with van der Waals surface area (Å²) in [6, 6.07) is 9.47. The summed E-state index contributed by atoms with van der Waals surface area (Å²) >= 11 is 0. The molecule has 2 aromatic rings. The zero-order chi connectivity index (χ0) is 26.0. The number of hydrogen-bond donors (Lipinski definition) is 0. The fraction of sp³-hybridized carbons (Fsp3) is 0.571. The summed E-state index contributed by atoms with van der Waals surface area (Å²) in [4.78, 5) is 32.7. The van der Waals surface area contributed by atoms with Gasteiger partial charge in [-0.15, -0.1) is 0 Å². The van der Waals surface area contributed by atoms with Crippen LogP contribution in [0.5, 0.6) is 11.5 Å². The smallest absolute Gasteiger partial charge is 0.242 e. The Balaban J connectivity index is 1.43. The number of nitrogens with zero attached hydrogens (tertiary/aromatic N) is 3. The molecule has 1 aliphatic heterocycles. The molecule has 0 N–H and O–H groups in total. The number of rotatable bonds is 13. The molecule has 37 heavy (non-hydrogen) atoms. The maximum absolute atomic E-state index is 13.6. The zero-order valence-electron chi connectivity index (χ0n) is 22.0. The van der Waals surface area contributed by atoms with Gasteiger partial charge in [-0.2, -0.15) is 0 Å². The molecule has 1 aromatic carbocycles. The first-order valence-electron chi connectivity index (χ1n) is 13.2. The molecule has 1 saturated heterocycles. The first-order chi connectivity index (χ1) is 18.1. The van der Waals surface area contributed by atoms with Crippen molar-refractivity contribution in [2.24, 2.45) is 5.92 Å². The number of amides is 2. The van der Waals surface area contributed by atoms with Crippen LogP contribution in [0, 0.1) is 5.92 Å². The van der Waals surface area contributed by atoms with E-state index in [9.17, 15) is 9.59 Å². The van der Waals surface area contributed by atoms with Crippen molar-refractivity contribution in [3.05, 3.63) is 47.9 Å². The summed E-state index contributed by atoms with van der Waals surface area (Å²) in [5.41, 5.74) is 1.03. The predicted octanol–water partition coefficient (Wildman–Crippen LogP) is 2.83. The van der Waals surface area contributed by atoms with E-state index in [-0.39, 0.29) is 24.3 Å². The molecule has 0 unspecified atom stereocenters. The third-order valence-corrected chi connectivity index (χ3v) is 7.28. The Kier molecular flexibility index (Phi) is 9.85. The molecule has 2 fully saturated rings. The van der Waals surface area contributed by atoms with Crippen molar-refractivity contribution in [3.63, 3.8) is 0 Å². The summed E-state index contributed by atoms with van der Waals surface area (Å²) in [6.45, 7) is 5.35. The molecule has 1 aromatic heterocycles. The second-order valence-corrected chi connectivity index (χ2v) is 9.68. The van der Waals surface area contributed by atoms with Gasteiger partial charge in [0, 0.05) is 38.6 Å². The number of benzene rings is 1. The highest BCUT2D eigenvalue weighted by molar-refractivity contribution is 5.86. The van der Waals surface area contributed by atoms with Gasteiger partial charge in [0.2, 0.25) is 11.8 Å². The van der Waals surface area contributed by atoms with E-state index in [0.717, 1.165) is 44.5 Å². The normalized spacial score (nSPS) is 16.2. The number of furan rings is 1. The maximum atomic E-state index is 13.6. The van der Waals surface area contributed by atoms with Gasteiger partial charge >= 0.3 is 0 Å². The topological polar surface area (TPSA) is 84.7 Å². The molecule has 9 heteroatoms. The minimum absolute atomic E-state index is 0.0442. The van der Waals surface area contributed by atoms with Crippen LogP contribution < -0.4 is 9.47 Å². The molecule has 202 valence electrons. The Labute approximate surface area is 219 Å². The third-order valence-electron chi connectivity index (χ3n) is 7.28. The summed E-state index contributed by atoms with van der Waals surface area (Å²) in [7, 11) is 3.22. The fourth-order valence-corrected chi connectivity index (χ4v) is 4.71. The van der Waals surface area contributed by atoms with Crippen molar-refractivity contribution in [3.8, 4) is 11.5 Å². The number of carbonyl (C=O) groups excluding carboxylic acids is 2. The van der Waals surface area contributed by atoms with Crippen LogP contribution in [0.2, 0.25) is 0 Å². The van der Waals surface area contributed by atoms with E-state index in [4.69, 9.17) is 18.6 Å². The van der Waals surface area contributed by atoms with Crippen molar-refractivity contribution in [2.45, 2.75) is 32.2 Å². The maximum Gasteiger partial charge on any atom is 0.242 e. The van der Waals surface area contributed by atoms with Crippen LogP contribution in [0.25, 0.3) is 0 Å². The van der Waals surface area contributed by atoms with Gasteiger partial charge in [0.05, 0.1) is 46.8 Å². The fourth-order valence-electron chi connectivity index (χ4n) is 4.71. The highest BCUT2D eigenvalue weighted by Crippen LogP contribution is 2.29. The standard InChI is InChI=1S/C28H39N3O6/c1-34-25-9-8-22(19-26(25)35-2)10-11-30(20-24-7-4-16-37-24)27(32)21-31(28(33)23-5-3-6-23)13-12-29-14-17-36-18-15-29/h4,7-9,16,19,23H,3,5-6,10-15,17-18,20-21H2,1-2H3. The van der Waals surface area contributed by atoms with Gasteiger partial charge in [-0.05, 0) is 49.1 Å². The van der Waals surface area contributed by atoms with E-state index in [1.165, 1.54) is 0 Å². The molecule has 2 amide bonds. The molecule has 1 saturated carbocycles. The van der Waals surface area contributed by atoms with E-state index in [1.54, 1.807) is 30.3 Å². The lowest BCUT2D eigenvalue weighted by atomic mass is 9.84. The molecule has 9 nitrogen and oxygen atoms in total. The van der Waals surface area contributed by atoms with Gasteiger partial charge in [0.25, 0.3) is 0 Å². The van der Waals surface area contributed by atoms with Gasteiger partial charge in [-0.3, -0.25) is 14.5 Å². The minimum Gasteiger partial charge on any atom is -0.493 e. The lowest BCUT2D eigenvalue weighted by Crippen LogP contribution is -2.49. The average molecular weight is 514 g/mol. The quantitative estimate of drug-likeness (QED) is 0.407. The number of hydrogen-bond acceptors (Lipinski definition) is 7. The van der Waals surface area contributed by atoms with Crippen molar-refractivity contribution < 1.29 is 28.2 Å². The first-order valence-corrected chi connectivity index (χ1v) is 13.2. The van der Waals surface area contributed by atoms with E-state index in [2.05, 4.69) is 4.90 Å². The number of carbonyl (C=O) groups is 2. The summed E-state index contributed by atoms with van der Waals surface area (Å²) < 4.78 is 21.8. The molecular weight excluding hydrogens is 474 g/mol. The summed E-state index contributed by atoms with van der Waals surface area (Å²) in [5, 5.41) is 0. The SMILES string of the molecule is COc1ccc(CCN(Cc2ccco2)C(=O)CN(CCN2CCOCC2)C(=O)C2CCC2)cc1OC. The zero-order valence-corrected chi connectivity index (χ0v) is 22.0. The van der Waals surface area contributed by atoms with Gasteiger partial charge in [-0.1, -0.05) is 12.5 Å². The molecule has 0 radical (unpaired) electrons. The van der Waals surface area contributed by atoms with Gasteiger partial charge < -0.3 is 28.4 Å². The van der Waals surface area contributed by atoms with E-state index < -0.39 is 0 Å². The van der Waals surface area contributed by atoms with Crippen molar-refractivity contribution in [2.75, 3.05) is 66.7 Å². The summed E-state index contributed by atoms with van der Waals surface area (Å²) in [5.74, 6) is 2.11. The van der Waals surface area contributed by atoms with Crippen LogP contribution >= 0.6 is 0 Å². The average Bonchev–Trinajstić information content (AvgIpc) is 3.41. The van der Waals surface area contributed by atoms with E-state index >= 15 is 0 Å². The van der Waals surface area contributed by atoms with Crippen molar-refractivity contribution >= 4 is 11.8 Å². The van der Waals surface area contributed by atoms with Crippen LogP contribution in [0.4, 0.5) is 0 Å². The van der Waals surface area contributed by atoms with Gasteiger partial charge in [-0.25, -0.2) is 0 Å².